The van der Waals surface area contributed by atoms with Crippen molar-refractivity contribution >= 4 is 28.5 Å². The predicted molar refractivity (Wildman–Crippen MR) is 99.3 cm³/mol. The second-order valence-corrected chi connectivity index (χ2v) is 6.59. The van der Waals surface area contributed by atoms with E-state index in [1.807, 2.05) is 24.3 Å². The molecule has 0 unspecified atom stereocenters. The summed E-state index contributed by atoms with van der Waals surface area (Å²) in [5, 5.41) is 22.7. The van der Waals surface area contributed by atoms with Gasteiger partial charge < -0.3 is 20.1 Å². The molecule has 0 radical (unpaired) electrons. The lowest BCUT2D eigenvalue weighted by Gasteiger charge is -2.26. The highest BCUT2D eigenvalue weighted by molar-refractivity contribution is 5.98. The number of phenols is 1. The van der Waals surface area contributed by atoms with Crippen molar-refractivity contribution in [1.82, 2.24) is 4.57 Å². The average molecular weight is 364 g/mol. The number of fused-ring (bicyclic) bond motifs is 2. The molecular formula is C20H16N2O5. The number of carbonyl (C=O) groups excluding carboxylic acids is 1. The molecule has 1 atom stereocenters. The van der Waals surface area contributed by atoms with Crippen molar-refractivity contribution < 1.29 is 19.8 Å². The molecule has 1 aromatic heterocycles. The third kappa shape index (κ3) is 2.64. The number of carbonyl (C=O) groups is 2. The van der Waals surface area contributed by atoms with Gasteiger partial charge in [-0.2, -0.15) is 0 Å². The SMILES string of the molecule is Cn1c(=O)c([C@H]2CC(=O)Nc3cc(O)c(C(=O)O)cc32)cc2ccccc21. The van der Waals surface area contributed by atoms with Gasteiger partial charge in [0.2, 0.25) is 5.91 Å². The number of nitrogens with one attached hydrogen (secondary N) is 1. The minimum Gasteiger partial charge on any atom is -0.507 e. The molecule has 136 valence electrons. The molecule has 0 bridgehead atoms. The minimum absolute atomic E-state index is 0.0183. The summed E-state index contributed by atoms with van der Waals surface area (Å²) in [4.78, 5) is 36.5. The lowest BCUT2D eigenvalue weighted by atomic mass is 9.84. The first-order valence-electron chi connectivity index (χ1n) is 8.35. The van der Waals surface area contributed by atoms with Crippen molar-refractivity contribution in [3.63, 3.8) is 0 Å². The van der Waals surface area contributed by atoms with Gasteiger partial charge >= 0.3 is 5.97 Å². The van der Waals surface area contributed by atoms with E-state index in [-0.39, 0.29) is 23.5 Å². The molecule has 27 heavy (non-hydrogen) atoms. The quantitative estimate of drug-likeness (QED) is 0.647. The number of aromatic hydroxyl groups is 1. The zero-order valence-corrected chi connectivity index (χ0v) is 14.4. The van der Waals surface area contributed by atoms with Gasteiger partial charge in [0, 0.05) is 36.7 Å². The van der Waals surface area contributed by atoms with Crippen LogP contribution >= 0.6 is 0 Å². The first kappa shape index (κ1) is 16.8. The van der Waals surface area contributed by atoms with E-state index in [1.54, 1.807) is 13.1 Å². The van der Waals surface area contributed by atoms with Crippen molar-refractivity contribution in [2.24, 2.45) is 7.05 Å². The highest BCUT2D eigenvalue weighted by Gasteiger charge is 2.31. The van der Waals surface area contributed by atoms with E-state index < -0.39 is 17.6 Å². The van der Waals surface area contributed by atoms with E-state index >= 15 is 0 Å². The number of aryl methyl sites for hydroxylation is 1. The second-order valence-electron chi connectivity index (χ2n) is 6.59. The Balaban J connectivity index is 1.99. The molecule has 1 amide bonds. The van der Waals surface area contributed by atoms with E-state index in [9.17, 15) is 24.6 Å². The van der Waals surface area contributed by atoms with Crippen molar-refractivity contribution in [2.45, 2.75) is 12.3 Å². The van der Waals surface area contributed by atoms with Gasteiger partial charge in [-0.25, -0.2) is 4.79 Å². The molecule has 0 saturated carbocycles. The van der Waals surface area contributed by atoms with Gasteiger partial charge in [-0.15, -0.1) is 0 Å². The Morgan fingerprint density at radius 1 is 1.15 bits per heavy atom. The number of pyridine rings is 1. The van der Waals surface area contributed by atoms with E-state index in [1.165, 1.54) is 16.7 Å². The number of para-hydroxylation sites is 1. The van der Waals surface area contributed by atoms with Crippen molar-refractivity contribution in [3.05, 3.63) is 69.5 Å². The molecule has 0 spiro atoms. The number of hydrogen-bond donors (Lipinski definition) is 3. The molecule has 1 aliphatic heterocycles. The lowest BCUT2D eigenvalue weighted by Crippen LogP contribution is -2.30. The largest absolute Gasteiger partial charge is 0.507 e. The molecule has 1 aliphatic rings. The van der Waals surface area contributed by atoms with Gasteiger partial charge in [-0.3, -0.25) is 9.59 Å². The van der Waals surface area contributed by atoms with E-state index in [2.05, 4.69) is 5.32 Å². The number of aromatic nitrogens is 1. The number of hydrogen-bond acceptors (Lipinski definition) is 4. The van der Waals surface area contributed by atoms with Crippen LogP contribution in [0, 0.1) is 0 Å². The maximum atomic E-state index is 12.9. The minimum atomic E-state index is -1.28. The van der Waals surface area contributed by atoms with Crippen LogP contribution < -0.4 is 10.9 Å². The molecule has 7 nitrogen and oxygen atoms in total. The summed E-state index contributed by atoms with van der Waals surface area (Å²) in [5.74, 6) is -2.62. The molecule has 7 heteroatoms. The smallest absolute Gasteiger partial charge is 0.339 e. The van der Waals surface area contributed by atoms with Crippen molar-refractivity contribution in [2.75, 3.05) is 5.32 Å². The summed E-state index contributed by atoms with van der Waals surface area (Å²) in [6.07, 6.45) is 0.0183. The number of anilines is 1. The van der Waals surface area contributed by atoms with Crippen LogP contribution in [0.4, 0.5) is 5.69 Å². The fraction of sp³-hybridized carbons (Fsp3) is 0.150. The van der Waals surface area contributed by atoms with Gasteiger partial charge in [-0.05, 0) is 29.1 Å². The number of carboxylic acid groups (broad SMARTS) is 1. The summed E-state index contributed by atoms with van der Waals surface area (Å²) in [7, 11) is 1.66. The zero-order chi connectivity index (χ0) is 19.3. The Morgan fingerprint density at radius 3 is 2.63 bits per heavy atom. The highest BCUT2D eigenvalue weighted by Crippen LogP contribution is 2.39. The average Bonchev–Trinajstić information content (AvgIpc) is 2.63. The highest BCUT2D eigenvalue weighted by atomic mass is 16.4. The van der Waals surface area contributed by atoms with E-state index in [0.717, 1.165) is 10.9 Å². The first-order chi connectivity index (χ1) is 12.9. The van der Waals surface area contributed by atoms with Gasteiger partial charge in [0.25, 0.3) is 5.56 Å². The maximum absolute atomic E-state index is 12.9. The van der Waals surface area contributed by atoms with Crippen LogP contribution in [0.5, 0.6) is 5.75 Å². The summed E-state index contributed by atoms with van der Waals surface area (Å²) < 4.78 is 1.52. The van der Waals surface area contributed by atoms with Crippen LogP contribution in [0.2, 0.25) is 0 Å². The van der Waals surface area contributed by atoms with Crippen LogP contribution in [-0.2, 0) is 11.8 Å². The fourth-order valence-electron chi connectivity index (χ4n) is 3.64. The molecule has 3 N–H and O–H groups in total. The van der Waals surface area contributed by atoms with Crippen LogP contribution in [0.15, 0.2) is 47.3 Å². The van der Waals surface area contributed by atoms with Gasteiger partial charge in [0.05, 0.1) is 5.52 Å². The normalized spacial score (nSPS) is 16.0. The summed E-state index contributed by atoms with van der Waals surface area (Å²) >= 11 is 0. The summed E-state index contributed by atoms with van der Waals surface area (Å²) in [6, 6.07) is 11.7. The second kappa shape index (κ2) is 5.98. The Hall–Kier alpha value is -3.61. The molecule has 2 aromatic carbocycles. The van der Waals surface area contributed by atoms with Gasteiger partial charge in [-0.1, -0.05) is 18.2 Å². The summed E-state index contributed by atoms with van der Waals surface area (Å²) in [6.45, 7) is 0. The third-order valence-electron chi connectivity index (χ3n) is 4.97. The predicted octanol–water partition coefficient (Wildman–Crippen LogP) is 2.42. The van der Waals surface area contributed by atoms with E-state index in [4.69, 9.17) is 0 Å². The van der Waals surface area contributed by atoms with Crippen LogP contribution in [0.1, 0.15) is 33.8 Å². The van der Waals surface area contributed by atoms with Gasteiger partial charge in [0.1, 0.15) is 11.3 Å². The van der Waals surface area contributed by atoms with Crippen LogP contribution in [0.25, 0.3) is 10.9 Å². The first-order valence-corrected chi connectivity index (χ1v) is 8.35. The van der Waals surface area contributed by atoms with E-state index in [0.29, 0.717) is 16.8 Å². The van der Waals surface area contributed by atoms with Crippen molar-refractivity contribution in [1.29, 1.82) is 0 Å². The molecule has 4 rings (SSSR count). The standard InChI is InChI=1S/C20H16N2O5/c1-22-16-5-3-2-4-10(16)6-13(19(22)25)11-8-18(24)21-15-9-17(23)14(20(26)27)7-12(11)15/h2-7,9,11,23H,8H2,1H3,(H,21,24)(H,26,27)/t11-/m0/s1. The number of benzene rings is 2. The number of carboxylic acids is 1. The molecule has 0 aliphatic carbocycles. The molecule has 0 saturated heterocycles. The van der Waals surface area contributed by atoms with Crippen LogP contribution in [0.3, 0.4) is 0 Å². The number of nitrogens with zero attached hydrogens (tertiary/aromatic N) is 1. The van der Waals surface area contributed by atoms with Crippen LogP contribution in [-0.4, -0.2) is 26.7 Å². The molecule has 2 heterocycles. The Kier molecular flexibility index (Phi) is 3.73. The molecule has 3 aromatic rings. The summed E-state index contributed by atoms with van der Waals surface area (Å²) in [5.41, 5.74) is 1.47. The monoisotopic (exact) mass is 364 g/mol. The molecular weight excluding hydrogens is 348 g/mol. The number of rotatable bonds is 2. The topological polar surface area (TPSA) is 109 Å². The zero-order valence-electron chi connectivity index (χ0n) is 14.4. The van der Waals surface area contributed by atoms with Crippen molar-refractivity contribution in [3.8, 4) is 5.75 Å². The molecule has 0 fully saturated rings. The Labute approximate surface area is 153 Å². The lowest BCUT2D eigenvalue weighted by molar-refractivity contribution is -0.116. The number of amides is 1. The maximum Gasteiger partial charge on any atom is 0.339 e. The Bertz CT molecular complexity index is 1180. The Morgan fingerprint density at radius 2 is 1.89 bits per heavy atom. The van der Waals surface area contributed by atoms with Gasteiger partial charge in [0.15, 0.2) is 0 Å². The number of aromatic carboxylic acids is 1. The fourth-order valence-corrected chi connectivity index (χ4v) is 3.64. The third-order valence-corrected chi connectivity index (χ3v) is 4.97.